The summed E-state index contributed by atoms with van der Waals surface area (Å²) in [5, 5.41) is 2.71. The summed E-state index contributed by atoms with van der Waals surface area (Å²) in [6.07, 6.45) is 0.807. The molecule has 0 aliphatic carbocycles. The van der Waals surface area contributed by atoms with Crippen molar-refractivity contribution < 1.29 is 17.6 Å². The summed E-state index contributed by atoms with van der Waals surface area (Å²) in [6.45, 7) is 2.23. The van der Waals surface area contributed by atoms with Crippen LogP contribution in [-0.4, -0.2) is 27.4 Å². The van der Waals surface area contributed by atoms with Crippen molar-refractivity contribution in [1.82, 2.24) is 4.72 Å². The third-order valence-electron chi connectivity index (χ3n) is 3.87. The van der Waals surface area contributed by atoms with Crippen molar-refractivity contribution in [2.45, 2.75) is 24.7 Å². The SMILES string of the molecule is CC(CC(=O)Nc1cccc(S(=O)(=O)NCCN)c1)Cc1cccc(F)c1.Cl. The molecule has 2 aromatic rings. The van der Waals surface area contributed by atoms with Crippen molar-refractivity contribution in [3.8, 4) is 0 Å². The lowest BCUT2D eigenvalue weighted by Crippen LogP contribution is -2.29. The van der Waals surface area contributed by atoms with Crippen LogP contribution in [0.5, 0.6) is 0 Å². The molecule has 1 atom stereocenters. The van der Waals surface area contributed by atoms with Crippen LogP contribution < -0.4 is 15.8 Å². The lowest BCUT2D eigenvalue weighted by Gasteiger charge is -2.13. The molecule has 2 aromatic carbocycles. The number of halogens is 2. The van der Waals surface area contributed by atoms with Gasteiger partial charge in [-0.2, -0.15) is 0 Å². The van der Waals surface area contributed by atoms with E-state index in [1.807, 2.05) is 13.0 Å². The zero-order valence-electron chi connectivity index (χ0n) is 15.5. The minimum absolute atomic E-state index is 0. The number of rotatable bonds is 9. The molecule has 0 aliphatic rings. The normalized spacial score (nSPS) is 12.1. The number of carbonyl (C=O) groups is 1. The standard InChI is InChI=1S/C19H24FN3O3S.ClH/c1-14(10-15-4-2-5-16(20)12-15)11-19(24)23-17-6-3-7-18(13-17)27(25,26)22-9-8-21;/h2-7,12-14,22H,8-11,21H2,1H3,(H,23,24);1H. The van der Waals surface area contributed by atoms with Crippen LogP contribution in [0.25, 0.3) is 0 Å². The van der Waals surface area contributed by atoms with Gasteiger partial charge in [0.2, 0.25) is 15.9 Å². The maximum Gasteiger partial charge on any atom is 0.240 e. The minimum atomic E-state index is -3.67. The number of anilines is 1. The van der Waals surface area contributed by atoms with Gasteiger partial charge in [-0.1, -0.05) is 25.1 Å². The van der Waals surface area contributed by atoms with Crippen LogP contribution in [0.15, 0.2) is 53.4 Å². The third kappa shape index (κ3) is 7.55. The molecular weight excluding hydrogens is 405 g/mol. The van der Waals surface area contributed by atoms with Gasteiger partial charge < -0.3 is 11.1 Å². The fourth-order valence-electron chi connectivity index (χ4n) is 2.68. The molecule has 0 fully saturated rings. The first-order valence-corrected chi connectivity index (χ1v) is 10.1. The molecule has 0 bridgehead atoms. The molecule has 0 saturated carbocycles. The molecule has 2 rings (SSSR count). The molecular formula is C19H25ClFN3O3S. The largest absolute Gasteiger partial charge is 0.329 e. The van der Waals surface area contributed by atoms with Gasteiger partial charge in [0.1, 0.15) is 5.82 Å². The Labute approximate surface area is 171 Å². The smallest absolute Gasteiger partial charge is 0.240 e. The van der Waals surface area contributed by atoms with Gasteiger partial charge in [0.25, 0.3) is 0 Å². The molecule has 9 heteroatoms. The molecule has 154 valence electrons. The Morgan fingerprint density at radius 3 is 2.57 bits per heavy atom. The number of amides is 1. The van der Waals surface area contributed by atoms with Crippen LogP contribution in [0.3, 0.4) is 0 Å². The summed E-state index contributed by atoms with van der Waals surface area (Å²) < 4.78 is 39.9. The van der Waals surface area contributed by atoms with Crippen molar-refractivity contribution in [1.29, 1.82) is 0 Å². The maximum atomic E-state index is 13.2. The topological polar surface area (TPSA) is 101 Å². The highest BCUT2D eigenvalue weighted by atomic mass is 35.5. The second-order valence-electron chi connectivity index (χ2n) is 6.41. The van der Waals surface area contributed by atoms with E-state index >= 15 is 0 Å². The minimum Gasteiger partial charge on any atom is -0.329 e. The molecule has 4 N–H and O–H groups in total. The first kappa shape index (κ1) is 24.0. The molecule has 0 heterocycles. The van der Waals surface area contributed by atoms with Gasteiger partial charge in [0, 0.05) is 25.2 Å². The highest BCUT2D eigenvalue weighted by Crippen LogP contribution is 2.17. The van der Waals surface area contributed by atoms with Gasteiger partial charge in [0.15, 0.2) is 0 Å². The van der Waals surface area contributed by atoms with E-state index in [-0.39, 0.29) is 54.5 Å². The Morgan fingerprint density at radius 2 is 1.89 bits per heavy atom. The number of benzene rings is 2. The number of hydrogen-bond acceptors (Lipinski definition) is 4. The monoisotopic (exact) mass is 429 g/mol. The van der Waals surface area contributed by atoms with Crippen molar-refractivity contribution >= 4 is 34.0 Å². The van der Waals surface area contributed by atoms with Gasteiger partial charge in [0.05, 0.1) is 4.90 Å². The number of nitrogens with one attached hydrogen (secondary N) is 2. The molecule has 28 heavy (non-hydrogen) atoms. The zero-order chi connectivity index (χ0) is 19.9. The van der Waals surface area contributed by atoms with Crippen molar-refractivity contribution in [3.63, 3.8) is 0 Å². The lowest BCUT2D eigenvalue weighted by molar-refractivity contribution is -0.116. The Morgan fingerprint density at radius 1 is 1.18 bits per heavy atom. The summed E-state index contributed by atoms with van der Waals surface area (Å²) in [7, 11) is -3.67. The first-order chi connectivity index (χ1) is 12.8. The van der Waals surface area contributed by atoms with E-state index < -0.39 is 10.0 Å². The average Bonchev–Trinajstić information content (AvgIpc) is 2.60. The molecule has 6 nitrogen and oxygen atoms in total. The molecule has 1 amide bonds. The van der Waals surface area contributed by atoms with Crippen LogP contribution >= 0.6 is 12.4 Å². The molecule has 0 radical (unpaired) electrons. The van der Waals surface area contributed by atoms with Crippen LogP contribution in [0.2, 0.25) is 0 Å². The fourth-order valence-corrected chi connectivity index (χ4v) is 3.78. The van der Waals surface area contributed by atoms with E-state index in [4.69, 9.17) is 5.73 Å². The van der Waals surface area contributed by atoms with Crippen molar-refractivity contribution in [3.05, 3.63) is 59.9 Å². The Hall–Kier alpha value is -2.00. The summed E-state index contributed by atoms with van der Waals surface area (Å²) in [4.78, 5) is 12.3. The van der Waals surface area contributed by atoms with E-state index in [0.29, 0.717) is 12.1 Å². The maximum absolute atomic E-state index is 13.2. The quantitative estimate of drug-likeness (QED) is 0.570. The van der Waals surface area contributed by atoms with Gasteiger partial charge >= 0.3 is 0 Å². The molecule has 0 saturated heterocycles. The summed E-state index contributed by atoms with van der Waals surface area (Å²) >= 11 is 0. The second-order valence-corrected chi connectivity index (χ2v) is 8.17. The van der Waals surface area contributed by atoms with E-state index in [9.17, 15) is 17.6 Å². The Bertz CT molecular complexity index is 893. The summed E-state index contributed by atoms with van der Waals surface area (Å²) in [5.74, 6) is -0.529. The molecule has 1 unspecified atom stereocenters. The van der Waals surface area contributed by atoms with Crippen LogP contribution in [0.4, 0.5) is 10.1 Å². The first-order valence-electron chi connectivity index (χ1n) is 8.64. The van der Waals surface area contributed by atoms with E-state index in [2.05, 4.69) is 10.0 Å². The number of sulfonamides is 1. The number of nitrogens with two attached hydrogens (primary N) is 1. The van der Waals surface area contributed by atoms with Gasteiger partial charge in [-0.05, 0) is 48.2 Å². The number of carbonyl (C=O) groups excluding carboxylic acids is 1. The van der Waals surface area contributed by atoms with Crippen molar-refractivity contribution in [2.24, 2.45) is 11.7 Å². The van der Waals surface area contributed by atoms with E-state index in [1.165, 1.54) is 24.3 Å². The highest BCUT2D eigenvalue weighted by molar-refractivity contribution is 7.89. The third-order valence-corrected chi connectivity index (χ3v) is 5.33. The van der Waals surface area contributed by atoms with Crippen molar-refractivity contribution in [2.75, 3.05) is 18.4 Å². The van der Waals surface area contributed by atoms with E-state index in [0.717, 1.165) is 5.56 Å². The molecule has 0 aromatic heterocycles. The van der Waals surface area contributed by atoms with Gasteiger partial charge in [-0.25, -0.2) is 17.5 Å². The van der Waals surface area contributed by atoms with Crippen LogP contribution in [0, 0.1) is 11.7 Å². The van der Waals surface area contributed by atoms with Crippen LogP contribution in [-0.2, 0) is 21.2 Å². The molecule has 0 spiro atoms. The molecule has 0 aliphatic heterocycles. The van der Waals surface area contributed by atoms with Gasteiger partial charge in [-0.3, -0.25) is 4.79 Å². The summed E-state index contributed by atoms with van der Waals surface area (Å²) in [5.41, 5.74) is 6.54. The average molecular weight is 430 g/mol. The predicted octanol–water partition coefficient (Wildman–Crippen LogP) is 2.69. The van der Waals surface area contributed by atoms with Gasteiger partial charge in [-0.15, -0.1) is 12.4 Å². The fraction of sp³-hybridized carbons (Fsp3) is 0.316. The highest BCUT2D eigenvalue weighted by Gasteiger charge is 2.15. The second kappa shape index (κ2) is 11.1. The zero-order valence-corrected chi connectivity index (χ0v) is 17.2. The Balaban J connectivity index is 0.00000392. The number of hydrogen-bond donors (Lipinski definition) is 3. The summed E-state index contributed by atoms with van der Waals surface area (Å²) in [6, 6.07) is 12.3. The van der Waals surface area contributed by atoms with E-state index in [1.54, 1.807) is 18.2 Å². The lowest BCUT2D eigenvalue weighted by atomic mass is 9.97. The Kier molecular flexibility index (Phi) is 9.54. The predicted molar refractivity (Wildman–Crippen MR) is 110 cm³/mol. The van der Waals surface area contributed by atoms with Crippen LogP contribution in [0.1, 0.15) is 18.9 Å².